The lowest BCUT2D eigenvalue weighted by atomic mass is 9.93. The minimum atomic E-state index is 0.120. The SMILES string of the molecule is Cc1ccc([C@@H]2CN(Cc3ccccc3C#N)C[C@H]2NC(=O)C2CC2)cc1. The fourth-order valence-corrected chi connectivity index (χ4v) is 3.97. The second kappa shape index (κ2) is 7.54. The van der Waals surface area contributed by atoms with Crippen LogP contribution >= 0.6 is 0 Å². The molecule has 2 aliphatic rings. The summed E-state index contributed by atoms with van der Waals surface area (Å²) in [5.74, 6) is 0.705. The number of nitrogens with one attached hydrogen (secondary N) is 1. The van der Waals surface area contributed by atoms with Gasteiger partial charge in [-0.25, -0.2) is 0 Å². The number of benzene rings is 2. The molecule has 1 heterocycles. The largest absolute Gasteiger partial charge is 0.351 e. The average Bonchev–Trinajstić information content (AvgIpc) is 3.46. The van der Waals surface area contributed by atoms with Gasteiger partial charge in [0.15, 0.2) is 0 Å². The molecule has 1 aliphatic heterocycles. The molecule has 2 aromatic rings. The van der Waals surface area contributed by atoms with Crippen molar-refractivity contribution in [1.29, 1.82) is 5.26 Å². The lowest BCUT2D eigenvalue weighted by Crippen LogP contribution is -2.40. The first-order valence-corrected chi connectivity index (χ1v) is 9.71. The highest BCUT2D eigenvalue weighted by Crippen LogP contribution is 2.33. The Kier molecular flexibility index (Phi) is 4.96. The van der Waals surface area contributed by atoms with E-state index in [9.17, 15) is 10.1 Å². The van der Waals surface area contributed by atoms with Crippen LogP contribution in [0.4, 0.5) is 0 Å². The Morgan fingerprint density at radius 1 is 1.15 bits per heavy atom. The maximum Gasteiger partial charge on any atom is 0.223 e. The summed E-state index contributed by atoms with van der Waals surface area (Å²) >= 11 is 0. The topological polar surface area (TPSA) is 56.1 Å². The second-order valence-electron chi connectivity index (χ2n) is 7.87. The van der Waals surface area contributed by atoms with Gasteiger partial charge in [-0.1, -0.05) is 48.0 Å². The zero-order valence-corrected chi connectivity index (χ0v) is 15.7. The van der Waals surface area contributed by atoms with Gasteiger partial charge in [0.05, 0.1) is 11.6 Å². The van der Waals surface area contributed by atoms with Crippen molar-refractivity contribution in [2.24, 2.45) is 5.92 Å². The van der Waals surface area contributed by atoms with E-state index in [0.717, 1.165) is 43.6 Å². The molecule has 1 amide bonds. The Labute approximate surface area is 160 Å². The van der Waals surface area contributed by atoms with Gasteiger partial charge in [-0.05, 0) is 37.0 Å². The second-order valence-corrected chi connectivity index (χ2v) is 7.87. The van der Waals surface area contributed by atoms with Gasteiger partial charge in [0.2, 0.25) is 5.91 Å². The predicted molar refractivity (Wildman–Crippen MR) is 105 cm³/mol. The van der Waals surface area contributed by atoms with E-state index in [1.807, 2.05) is 24.3 Å². The first-order chi connectivity index (χ1) is 13.1. The van der Waals surface area contributed by atoms with Crippen LogP contribution in [0.25, 0.3) is 0 Å². The fourth-order valence-electron chi connectivity index (χ4n) is 3.97. The number of carbonyl (C=O) groups excluding carboxylic acids is 1. The Morgan fingerprint density at radius 3 is 2.59 bits per heavy atom. The van der Waals surface area contributed by atoms with Crippen LogP contribution < -0.4 is 5.32 Å². The van der Waals surface area contributed by atoms with Gasteiger partial charge in [0, 0.05) is 37.5 Å². The number of aryl methyl sites for hydroxylation is 1. The van der Waals surface area contributed by atoms with Crippen LogP contribution in [0.3, 0.4) is 0 Å². The molecule has 2 atom stereocenters. The van der Waals surface area contributed by atoms with E-state index >= 15 is 0 Å². The van der Waals surface area contributed by atoms with E-state index in [1.54, 1.807) is 0 Å². The molecule has 27 heavy (non-hydrogen) atoms. The zero-order chi connectivity index (χ0) is 18.8. The molecule has 4 heteroatoms. The normalized spacial score (nSPS) is 22.4. The van der Waals surface area contributed by atoms with Gasteiger partial charge in [0.1, 0.15) is 0 Å². The summed E-state index contributed by atoms with van der Waals surface area (Å²) in [4.78, 5) is 14.7. The lowest BCUT2D eigenvalue weighted by molar-refractivity contribution is -0.123. The number of rotatable bonds is 5. The summed E-state index contributed by atoms with van der Waals surface area (Å²) in [5, 5.41) is 12.7. The Bertz CT molecular complexity index is 864. The van der Waals surface area contributed by atoms with E-state index in [4.69, 9.17) is 0 Å². The van der Waals surface area contributed by atoms with Gasteiger partial charge in [-0.2, -0.15) is 5.26 Å². The number of hydrogen-bond acceptors (Lipinski definition) is 3. The van der Waals surface area contributed by atoms with Crippen molar-refractivity contribution in [3.05, 3.63) is 70.8 Å². The number of nitriles is 1. The first-order valence-electron chi connectivity index (χ1n) is 9.71. The Balaban J connectivity index is 1.53. The van der Waals surface area contributed by atoms with Crippen molar-refractivity contribution >= 4 is 5.91 Å². The van der Waals surface area contributed by atoms with Gasteiger partial charge in [-0.3, -0.25) is 9.69 Å². The summed E-state index contributed by atoms with van der Waals surface area (Å²) in [7, 11) is 0. The van der Waals surface area contributed by atoms with Crippen molar-refractivity contribution < 1.29 is 4.79 Å². The molecule has 4 nitrogen and oxygen atoms in total. The summed E-state index contributed by atoms with van der Waals surface area (Å²) in [6, 6.07) is 18.8. The Morgan fingerprint density at radius 2 is 1.89 bits per heavy atom. The summed E-state index contributed by atoms with van der Waals surface area (Å²) in [5.41, 5.74) is 4.31. The van der Waals surface area contributed by atoms with Crippen LogP contribution in [0, 0.1) is 24.2 Å². The van der Waals surface area contributed by atoms with Crippen LogP contribution in [-0.4, -0.2) is 29.9 Å². The van der Waals surface area contributed by atoms with E-state index in [2.05, 4.69) is 47.5 Å². The van der Waals surface area contributed by atoms with Crippen LogP contribution in [0.1, 0.15) is 41.0 Å². The zero-order valence-electron chi connectivity index (χ0n) is 15.7. The van der Waals surface area contributed by atoms with Gasteiger partial charge in [0.25, 0.3) is 0 Å². The lowest BCUT2D eigenvalue weighted by Gasteiger charge is -2.20. The smallest absolute Gasteiger partial charge is 0.223 e. The van der Waals surface area contributed by atoms with Crippen LogP contribution in [0.5, 0.6) is 0 Å². The third-order valence-corrected chi connectivity index (χ3v) is 5.71. The van der Waals surface area contributed by atoms with Crippen molar-refractivity contribution in [3.63, 3.8) is 0 Å². The van der Waals surface area contributed by atoms with Gasteiger partial charge < -0.3 is 5.32 Å². The summed E-state index contributed by atoms with van der Waals surface area (Å²) < 4.78 is 0. The van der Waals surface area contributed by atoms with Gasteiger partial charge >= 0.3 is 0 Å². The summed E-state index contributed by atoms with van der Waals surface area (Å²) in [6.45, 7) is 4.53. The molecule has 0 aromatic heterocycles. The monoisotopic (exact) mass is 359 g/mol. The van der Waals surface area contributed by atoms with Crippen molar-refractivity contribution in [3.8, 4) is 6.07 Å². The van der Waals surface area contributed by atoms with E-state index in [1.165, 1.54) is 11.1 Å². The molecule has 0 spiro atoms. The molecular formula is C23H25N3O. The van der Waals surface area contributed by atoms with E-state index < -0.39 is 0 Å². The van der Waals surface area contributed by atoms with Crippen molar-refractivity contribution in [1.82, 2.24) is 10.2 Å². The molecule has 1 N–H and O–H groups in total. The van der Waals surface area contributed by atoms with Crippen LogP contribution in [-0.2, 0) is 11.3 Å². The highest BCUT2D eigenvalue weighted by atomic mass is 16.2. The Hall–Kier alpha value is -2.64. The minimum Gasteiger partial charge on any atom is -0.351 e. The maximum absolute atomic E-state index is 12.4. The minimum absolute atomic E-state index is 0.120. The molecule has 0 radical (unpaired) electrons. The first kappa shape index (κ1) is 17.8. The quantitative estimate of drug-likeness (QED) is 0.891. The third kappa shape index (κ3) is 4.04. The van der Waals surface area contributed by atoms with Gasteiger partial charge in [-0.15, -0.1) is 0 Å². The molecule has 0 unspecified atom stereocenters. The molecular weight excluding hydrogens is 334 g/mol. The molecule has 4 rings (SSSR count). The number of nitrogens with zero attached hydrogens (tertiary/aromatic N) is 2. The molecule has 2 fully saturated rings. The van der Waals surface area contributed by atoms with Crippen molar-refractivity contribution in [2.75, 3.05) is 13.1 Å². The highest BCUT2D eigenvalue weighted by molar-refractivity contribution is 5.81. The molecule has 138 valence electrons. The number of hydrogen-bond donors (Lipinski definition) is 1. The predicted octanol–water partition coefficient (Wildman–Crippen LogP) is 3.36. The van der Waals surface area contributed by atoms with E-state index in [0.29, 0.717) is 0 Å². The average molecular weight is 359 g/mol. The maximum atomic E-state index is 12.4. The fraction of sp³-hybridized carbons (Fsp3) is 0.391. The van der Waals surface area contributed by atoms with Crippen LogP contribution in [0.15, 0.2) is 48.5 Å². The number of likely N-dealkylation sites (tertiary alicyclic amines) is 1. The standard InChI is InChI=1S/C23H25N3O/c1-16-6-8-17(9-7-16)21-14-26(13-20-5-3-2-4-19(20)12-24)15-22(21)25-23(27)18-10-11-18/h2-9,18,21-22H,10-11,13-15H2,1H3,(H,25,27)/t21-,22+/m0/s1. The molecule has 1 saturated heterocycles. The highest BCUT2D eigenvalue weighted by Gasteiger charge is 2.38. The molecule has 2 aromatic carbocycles. The summed E-state index contributed by atoms with van der Waals surface area (Å²) in [6.07, 6.45) is 2.04. The molecule has 0 bridgehead atoms. The van der Waals surface area contributed by atoms with Crippen LogP contribution in [0.2, 0.25) is 0 Å². The third-order valence-electron chi connectivity index (χ3n) is 5.71. The molecule has 1 aliphatic carbocycles. The van der Waals surface area contributed by atoms with Crippen molar-refractivity contribution in [2.45, 2.75) is 38.3 Å². The number of carbonyl (C=O) groups is 1. The van der Waals surface area contributed by atoms with E-state index in [-0.39, 0.29) is 23.8 Å². The molecule has 1 saturated carbocycles. The number of amides is 1.